The largest absolute Gasteiger partial charge is 0.496 e. The third kappa shape index (κ3) is 6.16. The molecule has 0 bridgehead atoms. The minimum Gasteiger partial charge on any atom is -0.496 e. The second kappa shape index (κ2) is 8.67. The molecule has 0 radical (unpaired) electrons. The Morgan fingerprint density at radius 1 is 1.52 bits per heavy atom. The number of ether oxygens (including phenoxy) is 1. The summed E-state index contributed by atoms with van der Waals surface area (Å²) in [4.78, 5) is 13.5. The molecule has 0 aliphatic carbocycles. The molecule has 1 rings (SSSR count). The molecule has 0 aliphatic heterocycles. The Hall–Kier alpha value is -1.56. The van der Waals surface area contributed by atoms with Crippen molar-refractivity contribution < 1.29 is 14.6 Å². The lowest BCUT2D eigenvalue weighted by atomic mass is 10.1. The molecule has 0 saturated carbocycles. The predicted octanol–water partition coefficient (Wildman–Crippen LogP) is 1.62. The van der Waals surface area contributed by atoms with Crippen molar-refractivity contribution in [2.24, 2.45) is 0 Å². The van der Waals surface area contributed by atoms with Crippen LogP contribution in [-0.4, -0.2) is 50.2 Å². The second-order valence-corrected chi connectivity index (χ2v) is 5.25. The molecule has 1 atom stereocenters. The Morgan fingerprint density at radius 2 is 2.24 bits per heavy atom. The van der Waals surface area contributed by atoms with Gasteiger partial charge in [0.15, 0.2) is 0 Å². The van der Waals surface area contributed by atoms with Crippen LogP contribution in [0.25, 0.3) is 0 Å². The molecule has 0 heterocycles. The van der Waals surface area contributed by atoms with Crippen molar-refractivity contribution in [2.75, 3.05) is 34.3 Å². The van der Waals surface area contributed by atoms with Crippen LogP contribution in [0, 0.1) is 0 Å². The zero-order valence-corrected chi connectivity index (χ0v) is 13.2. The fourth-order valence-electron chi connectivity index (χ4n) is 1.70. The van der Waals surface area contributed by atoms with E-state index >= 15 is 0 Å². The number of rotatable bonds is 7. The van der Waals surface area contributed by atoms with Gasteiger partial charge in [-0.05, 0) is 32.3 Å². The van der Waals surface area contributed by atoms with E-state index < -0.39 is 6.10 Å². The van der Waals surface area contributed by atoms with E-state index in [1.54, 1.807) is 24.3 Å². The molecule has 0 saturated heterocycles. The molecule has 5 nitrogen and oxygen atoms in total. The molecule has 1 unspecified atom stereocenters. The number of amides is 1. The number of carbonyl (C=O) groups is 1. The van der Waals surface area contributed by atoms with E-state index in [0.717, 1.165) is 0 Å². The van der Waals surface area contributed by atoms with Crippen LogP contribution >= 0.6 is 11.6 Å². The first-order valence-corrected chi connectivity index (χ1v) is 6.92. The van der Waals surface area contributed by atoms with Crippen LogP contribution in [0.3, 0.4) is 0 Å². The highest BCUT2D eigenvalue weighted by molar-refractivity contribution is 6.30. The van der Waals surface area contributed by atoms with E-state index in [4.69, 9.17) is 16.3 Å². The molecule has 0 fully saturated rings. The van der Waals surface area contributed by atoms with E-state index in [-0.39, 0.29) is 12.5 Å². The fraction of sp³-hybridized carbons (Fsp3) is 0.400. The van der Waals surface area contributed by atoms with Gasteiger partial charge in [0.1, 0.15) is 5.75 Å². The lowest BCUT2D eigenvalue weighted by molar-refractivity contribution is -0.117. The highest BCUT2D eigenvalue weighted by atomic mass is 35.5. The van der Waals surface area contributed by atoms with Crippen molar-refractivity contribution in [3.8, 4) is 5.75 Å². The standard InChI is InChI=1S/C15H21ClN2O3/c1-18(2)8-4-5-15(20)17-10-13(19)12-9-11(16)6-7-14(12)21-3/h4-7,9,13,19H,8,10H2,1-3H3,(H,17,20)/b5-4+. The minimum atomic E-state index is -0.884. The Balaban J connectivity index is 2.57. The monoisotopic (exact) mass is 312 g/mol. The van der Waals surface area contributed by atoms with E-state index in [1.807, 2.05) is 19.0 Å². The Morgan fingerprint density at radius 3 is 2.86 bits per heavy atom. The molecule has 0 spiro atoms. The smallest absolute Gasteiger partial charge is 0.243 e. The summed E-state index contributed by atoms with van der Waals surface area (Å²) < 4.78 is 5.17. The summed E-state index contributed by atoms with van der Waals surface area (Å²) in [5, 5.41) is 13.3. The fourth-order valence-corrected chi connectivity index (χ4v) is 1.88. The highest BCUT2D eigenvalue weighted by Gasteiger charge is 2.14. The Bertz CT molecular complexity index is 504. The van der Waals surface area contributed by atoms with Crippen LogP contribution in [0.2, 0.25) is 5.02 Å². The zero-order chi connectivity index (χ0) is 15.8. The van der Waals surface area contributed by atoms with Crippen LogP contribution in [0.5, 0.6) is 5.75 Å². The Kier molecular flexibility index (Phi) is 7.22. The van der Waals surface area contributed by atoms with Crippen LogP contribution in [0.15, 0.2) is 30.4 Å². The molecule has 1 amide bonds. The maximum atomic E-state index is 11.6. The minimum absolute atomic E-state index is 0.0852. The third-order valence-electron chi connectivity index (χ3n) is 2.76. The first kappa shape index (κ1) is 17.5. The van der Waals surface area contributed by atoms with Gasteiger partial charge in [-0.3, -0.25) is 4.79 Å². The molecule has 0 aliphatic rings. The van der Waals surface area contributed by atoms with Gasteiger partial charge in [-0.25, -0.2) is 0 Å². The van der Waals surface area contributed by atoms with Gasteiger partial charge in [-0.2, -0.15) is 0 Å². The summed E-state index contributed by atoms with van der Waals surface area (Å²) in [6, 6.07) is 4.98. The third-order valence-corrected chi connectivity index (χ3v) is 3.00. The maximum absolute atomic E-state index is 11.6. The summed E-state index contributed by atoms with van der Waals surface area (Å²) in [5.74, 6) is 0.279. The number of nitrogens with one attached hydrogen (secondary N) is 1. The highest BCUT2D eigenvalue weighted by Crippen LogP contribution is 2.27. The van der Waals surface area contributed by atoms with Crippen LogP contribution < -0.4 is 10.1 Å². The molecule has 21 heavy (non-hydrogen) atoms. The lowest BCUT2D eigenvalue weighted by Crippen LogP contribution is -2.27. The van der Waals surface area contributed by atoms with Crippen LogP contribution in [0.1, 0.15) is 11.7 Å². The van der Waals surface area contributed by atoms with E-state index in [0.29, 0.717) is 22.9 Å². The second-order valence-electron chi connectivity index (χ2n) is 4.81. The van der Waals surface area contributed by atoms with Gasteiger partial charge >= 0.3 is 0 Å². The first-order valence-electron chi connectivity index (χ1n) is 6.54. The molecular formula is C15H21ClN2O3. The summed E-state index contributed by atoms with van der Waals surface area (Å²) in [5.41, 5.74) is 0.544. The van der Waals surface area contributed by atoms with Crippen molar-refractivity contribution >= 4 is 17.5 Å². The SMILES string of the molecule is COc1ccc(Cl)cc1C(O)CNC(=O)/C=C/CN(C)C. The average molecular weight is 313 g/mol. The number of halogens is 1. The zero-order valence-electron chi connectivity index (χ0n) is 12.5. The van der Waals surface area contributed by atoms with Crippen molar-refractivity contribution in [1.82, 2.24) is 10.2 Å². The van der Waals surface area contributed by atoms with Gasteiger partial charge in [0.2, 0.25) is 5.91 Å². The van der Waals surface area contributed by atoms with E-state index in [2.05, 4.69) is 5.32 Å². The van der Waals surface area contributed by atoms with Crippen LogP contribution in [0.4, 0.5) is 0 Å². The summed E-state index contributed by atoms with van der Waals surface area (Å²) in [6.45, 7) is 0.764. The van der Waals surface area contributed by atoms with Gasteiger partial charge in [0.05, 0.1) is 13.2 Å². The van der Waals surface area contributed by atoms with Gasteiger partial charge in [0, 0.05) is 29.8 Å². The quantitative estimate of drug-likeness (QED) is 0.751. The average Bonchev–Trinajstić information content (AvgIpc) is 2.44. The van der Waals surface area contributed by atoms with Crippen molar-refractivity contribution in [1.29, 1.82) is 0 Å². The van der Waals surface area contributed by atoms with Crippen LogP contribution in [-0.2, 0) is 4.79 Å². The molecule has 116 valence electrons. The number of hydrogen-bond donors (Lipinski definition) is 2. The molecule has 0 aromatic heterocycles. The van der Waals surface area contributed by atoms with Crippen molar-refractivity contribution in [3.63, 3.8) is 0 Å². The number of nitrogens with zero attached hydrogens (tertiary/aromatic N) is 1. The lowest BCUT2D eigenvalue weighted by Gasteiger charge is -2.15. The van der Waals surface area contributed by atoms with Crippen molar-refractivity contribution in [3.05, 3.63) is 40.9 Å². The summed E-state index contributed by atoms with van der Waals surface area (Å²) >= 11 is 5.91. The van der Waals surface area contributed by atoms with Gasteiger partial charge in [-0.1, -0.05) is 17.7 Å². The molecule has 6 heteroatoms. The number of methoxy groups -OCH3 is 1. The summed E-state index contributed by atoms with van der Waals surface area (Å²) in [6.07, 6.45) is 2.31. The maximum Gasteiger partial charge on any atom is 0.243 e. The van der Waals surface area contributed by atoms with Gasteiger partial charge < -0.3 is 20.1 Å². The number of aliphatic hydroxyl groups excluding tert-OH is 1. The number of carbonyl (C=O) groups excluding carboxylic acids is 1. The van der Waals surface area contributed by atoms with Crippen molar-refractivity contribution in [2.45, 2.75) is 6.10 Å². The number of benzene rings is 1. The number of likely N-dealkylation sites (N-methyl/N-ethyl adjacent to an activating group) is 1. The van der Waals surface area contributed by atoms with E-state index in [9.17, 15) is 9.90 Å². The molecule has 1 aromatic carbocycles. The predicted molar refractivity (Wildman–Crippen MR) is 83.7 cm³/mol. The number of aliphatic hydroxyl groups is 1. The Labute approximate surface area is 130 Å². The van der Waals surface area contributed by atoms with Gasteiger partial charge in [-0.15, -0.1) is 0 Å². The molecular weight excluding hydrogens is 292 g/mol. The summed E-state index contributed by atoms with van der Waals surface area (Å²) in [7, 11) is 5.34. The topological polar surface area (TPSA) is 61.8 Å². The number of hydrogen-bond acceptors (Lipinski definition) is 4. The first-order chi connectivity index (χ1) is 9.93. The van der Waals surface area contributed by atoms with Gasteiger partial charge in [0.25, 0.3) is 0 Å². The molecule has 2 N–H and O–H groups in total. The van der Waals surface area contributed by atoms with E-state index in [1.165, 1.54) is 13.2 Å². The molecule has 1 aromatic rings. The normalized spacial score (nSPS) is 12.7.